The Balaban J connectivity index is 1.22. The monoisotopic (exact) mass is 391 g/mol. The molecule has 0 radical (unpaired) electrons. The number of fused-ring (bicyclic) bond motifs is 4. The highest BCUT2D eigenvalue weighted by Gasteiger charge is 2.29. The Labute approximate surface area is 175 Å². The van der Waals surface area contributed by atoms with Crippen molar-refractivity contribution in [2.45, 2.75) is 25.7 Å². The molecule has 0 amide bonds. The number of hydrogen-bond donors (Lipinski definition) is 0. The van der Waals surface area contributed by atoms with E-state index >= 15 is 0 Å². The van der Waals surface area contributed by atoms with Crippen LogP contribution < -0.4 is 19.4 Å². The summed E-state index contributed by atoms with van der Waals surface area (Å²) < 4.78 is 5.55. The average Bonchev–Trinajstić information content (AvgIpc) is 3.13. The standard InChI is InChI=1S/C25H33N3O/c1-29-25-5-3-2-4-24(25)27-16-14-26(15-17-27)22-10-12-23(13-11-22)28-18-20-6-7-21(19-28)9-8-20/h2-5,10-13,20-21H,6-9,14-19H2,1H3. The molecule has 4 aliphatic rings. The summed E-state index contributed by atoms with van der Waals surface area (Å²) in [5.74, 6) is 2.80. The predicted octanol–water partition coefficient (Wildman–Crippen LogP) is 4.65. The number of ether oxygens (including phenoxy) is 1. The van der Waals surface area contributed by atoms with Crippen molar-refractivity contribution in [1.82, 2.24) is 0 Å². The van der Waals surface area contributed by atoms with Gasteiger partial charge in [0.25, 0.3) is 0 Å². The lowest BCUT2D eigenvalue weighted by molar-refractivity contribution is 0.326. The van der Waals surface area contributed by atoms with Crippen LogP contribution in [0.15, 0.2) is 48.5 Å². The second-order valence-corrected chi connectivity index (χ2v) is 8.95. The van der Waals surface area contributed by atoms with Crippen LogP contribution in [0.3, 0.4) is 0 Å². The van der Waals surface area contributed by atoms with Gasteiger partial charge in [0.15, 0.2) is 0 Å². The number of anilines is 3. The average molecular weight is 392 g/mol. The van der Waals surface area contributed by atoms with Crippen LogP contribution in [0.2, 0.25) is 0 Å². The van der Waals surface area contributed by atoms with Crippen molar-refractivity contribution in [3.8, 4) is 5.75 Å². The molecule has 4 heteroatoms. The van der Waals surface area contributed by atoms with E-state index in [1.807, 2.05) is 6.07 Å². The second-order valence-electron chi connectivity index (χ2n) is 8.95. The van der Waals surface area contributed by atoms with Gasteiger partial charge in [-0.05, 0) is 73.9 Å². The van der Waals surface area contributed by atoms with Crippen molar-refractivity contribution in [2.24, 2.45) is 11.8 Å². The number of methoxy groups -OCH3 is 1. The Morgan fingerprint density at radius 2 is 1.17 bits per heavy atom. The minimum absolute atomic E-state index is 0.913. The van der Waals surface area contributed by atoms with E-state index in [0.717, 1.165) is 43.8 Å². The molecule has 3 saturated heterocycles. The molecule has 2 bridgehead atoms. The first-order chi connectivity index (χ1) is 14.3. The fraction of sp³-hybridized carbons (Fsp3) is 0.520. The van der Waals surface area contributed by atoms with Gasteiger partial charge < -0.3 is 19.4 Å². The van der Waals surface area contributed by atoms with Crippen molar-refractivity contribution in [3.05, 3.63) is 48.5 Å². The van der Waals surface area contributed by atoms with Crippen LogP contribution in [0.5, 0.6) is 5.75 Å². The number of nitrogens with zero attached hydrogens (tertiary/aromatic N) is 3. The predicted molar refractivity (Wildman–Crippen MR) is 122 cm³/mol. The van der Waals surface area contributed by atoms with Gasteiger partial charge in [-0.1, -0.05) is 12.1 Å². The number of benzene rings is 2. The first-order valence-corrected chi connectivity index (χ1v) is 11.3. The molecule has 3 aliphatic heterocycles. The topological polar surface area (TPSA) is 19.0 Å². The third-order valence-corrected chi connectivity index (χ3v) is 7.21. The lowest BCUT2D eigenvalue weighted by atomic mass is 9.84. The van der Waals surface area contributed by atoms with E-state index in [-0.39, 0.29) is 0 Å². The summed E-state index contributed by atoms with van der Waals surface area (Å²) in [6, 6.07) is 17.7. The highest BCUT2D eigenvalue weighted by atomic mass is 16.5. The Hall–Kier alpha value is -2.36. The van der Waals surface area contributed by atoms with Gasteiger partial charge in [-0.3, -0.25) is 0 Å². The normalized spacial score (nSPS) is 24.5. The minimum atomic E-state index is 0.913. The molecule has 0 atom stereocenters. The zero-order valence-corrected chi connectivity index (χ0v) is 17.6. The summed E-state index contributed by atoms with van der Waals surface area (Å²) >= 11 is 0. The third-order valence-electron chi connectivity index (χ3n) is 7.21. The van der Waals surface area contributed by atoms with Gasteiger partial charge in [-0.2, -0.15) is 0 Å². The number of hydrogen-bond acceptors (Lipinski definition) is 4. The molecule has 0 aromatic heterocycles. The van der Waals surface area contributed by atoms with Crippen molar-refractivity contribution in [2.75, 3.05) is 61.1 Å². The van der Waals surface area contributed by atoms with E-state index < -0.39 is 0 Å². The summed E-state index contributed by atoms with van der Waals surface area (Å²) in [6.07, 6.45) is 5.76. The molecule has 1 aliphatic carbocycles. The van der Waals surface area contributed by atoms with Crippen LogP contribution >= 0.6 is 0 Å². The van der Waals surface area contributed by atoms with Crippen LogP contribution in [0, 0.1) is 11.8 Å². The maximum absolute atomic E-state index is 5.55. The Bertz CT molecular complexity index is 791. The van der Waals surface area contributed by atoms with Crippen LogP contribution in [0.4, 0.5) is 17.1 Å². The van der Waals surface area contributed by atoms with Gasteiger partial charge >= 0.3 is 0 Å². The van der Waals surface area contributed by atoms with Gasteiger partial charge in [-0.25, -0.2) is 0 Å². The van der Waals surface area contributed by atoms with E-state index in [4.69, 9.17) is 4.74 Å². The Kier molecular flexibility index (Phi) is 5.26. The molecule has 6 rings (SSSR count). The largest absolute Gasteiger partial charge is 0.495 e. The summed E-state index contributed by atoms with van der Waals surface area (Å²) in [7, 11) is 1.76. The van der Waals surface area contributed by atoms with Crippen molar-refractivity contribution in [1.29, 1.82) is 0 Å². The number of piperazine rings is 1. The van der Waals surface area contributed by atoms with Gasteiger partial charge in [0.05, 0.1) is 12.8 Å². The van der Waals surface area contributed by atoms with Crippen LogP contribution in [0.1, 0.15) is 25.7 Å². The van der Waals surface area contributed by atoms with Crippen LogP contribution in [0.25, 0.3) is 0 Å². The van der Waals surface area contributed by atoms with E-state index in [1.165, 1.54) is 55.8 Å². The Morgan fingerprint density at radius 3 is 1.76 bits per heavy atom. The molecule has 0 N–H and O–H groups in total. The fourth-order valence-electron chi connectivity index (χ4n) is 5.48. The van der Waals surface area contributed by atoms with Gasteiger partial charge in [-0.15, -0.1) is 0 Å². The number of para-hydroxylation sites is 2. The zero-order chi connectivity index (χ0) is 19.6. The van der Waals surface area contributed by atoms with Crippen LogP contribution in [-0.4, -0.2) is 46.4 Å². The minimum Gasteiger partial charge on any atom is -0.495 e. The van der Waals surface area contributed by atoms with E-state index in [0.29, 0.717) is 0 Å². The number of rotatable bonds is 4. The van der Waals surface area contributed by atoms with Crippen molar-refractivity contribution in [3.63, 3.8) is 0 Å². The maximum Gasteiger partial charge on any atom is 0.142 e. The molecule has 4 nitrogen and oxygen atoms in total. The molecule has 2 aromatic carbocycles. The molecule has 1 saturated carbocycles. The molecule has 154 valence electrons. The lowest BCUT2D eigenvalue weighted by Gasteiger charge is -2.38. The summed E-state index contributed by atoms with van der Waals surface area (Å²) in [5.41, 5.74) is 3.98. The summed E-state index contributed by atoms with van der Waals surface area (Å²) in [4.78, 5) is 7.61. The third kappa shape index (κ3) is 3.90. The molecule has 4 fully saturated rings. The lowest BCUT2D eigenvalue weighted by Crippen LogP contribution is -2.46. The van der Waals surface area contributed by atoms with Crippen molar-refractivity contribution < 1.29 is 4.74 Å². The van der Waals surface area contributed by atoms with E-state index in [2.05, 4.69) is 57.2 Å². The highest BCUT2D eigenvalue weighted by Crippen LogP contribution is 2.36. The van der Waals surface area contributed by atoms with Crippen molar-refractivity contribution >= 4 is 17.1 Å². The molecule has 29 heavy (non-hydrogen) atoms. The first-order valence-electron chi connectivity index (χ1n) is 11.3. The smallest absolute Gasteiger partial charge is 0.142 e. The van der Waals surface area contributed by atoms with Crippen LogP contribution in [-0.2, 0) is 0 Å². The molecular formula is C25H33N3O. The van der Waals surface area contributed by atoms with Gasteiger partial charge in [0, 0.05) is 50.6 Å². The van der Waals surface area contributed by atoms with E-state index in [9.17, 15) is 0 Å². The molecular weight excluding hydrogens is 358 g/mol. The van der Waals surface area contributed by atoms with E-state index in [1.54, 1.807) is 7.11 Å². The summed E-state index contributed by atoms with van der Waals surface area (Å²) in [6.45, 7) is 6.66. The fourth-order valence-corrected chi connectivity index (χ4v) is 5.48. The quantitative estimate of drug-likeness (QED) is 0.755. The molecule has 2 aromatic rings. The highest BCUT2D eigenvalue weighted by molar-refractivity contribution is 5.61. The molecule has 0 spiro atoms. The van der Waals surface area contributed by atoms with Gasteiger partial charge in [0.1, 0.15) is 5.75 Å². The Morgan fingerprint density at radius 1 is 0.655 bits per heavy atom. The van der Waals surface area contributed by atoms with Gasteiger partial charge in [0.2, 0.25) is 0 Å². The zero-order valence-electron chi connectivity index (χ0n) is 17.6. The molecule has 3 heterocycles. The first kappa shape index (κ1) is 18.7. The second kappa shape index (κ2) is 8.17. The molecule has 0 unspecified atom stereocenters. The SMILES string of the molecule is COc1ccccc1N1CCN(c2ccc(N3CC4CCC(CC4)C3)cc2)CC1. The summed E-state index contributed by atoms with van der Waals surface area (Å²) in [5, 5.41) is 0. The maximum atomic E-state index is 5.55.